The number of amides is 1. The maximum atomic E-state index is 12.4. The fourth-order valence-corrected chi connectivity index (χ4v) is 3.69. The van der Waals surface area contributed by atoms with Gasteiger partial charge in [-0.1, -0.05) is 26.8 Å². The Hall–Kier alpha value is -2.89. The van der Waals surface area contributed by atoms with Crippen LogP contribution in [0.4, 0.5) is 5.82 Å². The van der Waals surface area contributed by atoms with Crippen molar-refractivity contribution in [3.8, 4) is 0 Å². The van der Waals surface area contributed by atoms with Crippen LogP contribution in [0.2, 0.25) is 0 Å². The average molecular weight is 363 g/mol. The molecule has 1 aliphatic rings. The first-order valence-corrected chi connectivity index (χ1v) is 9.39. The predicted molar refractivity (Wildman–Crippen MR) is 106 cm³/mol. The van der Waals surface area contributed by atoms with Gasteiger partial charge in [0.15, 0.2) is 0 Å². The van der Waals surface area contributed by atoms with Gasteiger partial charge in [-0.3, -0.25) is 20.6 Å². The maximum Gasteiger partial charge on any atom is 0.286 e. The lowest BCUT2D eigenvalue weighted by Crippen LogP contribution is -2.29. The van der Waals surface area contributed by atoms with Crippen molar-refractivity contribution in [1.82, 2.24) is 20.4 Å². The first kappa shape index (κ1) is 17.5. The molecule has 0 radical (unpaired) electrons. The van der Waals surface area contributed by atoms with E-state index in [-0.39, 0.29) is 5.91 Å². The molecule has 0 spiro atoms. The fourth-order valence-electron chi connectivity index (χ4n) is 3.69. The number of aryl methyl sites for hydroxylation is 1. The highest BCUT2D eigenvalue weighted by atomic mass is 16.2. The quantitative estimate of drug-likeness (QED) is 0.617. The van der Waals surface area contributed by atoms with E-state index in [1.54, 1.807) is 18.3 Å². The zero-order chi connectivity index (χ0) is 19.0. The van der Waals surface area contributed by atoms with Crippen LogP contribution in [-0.2, 0) is 12.8 Å². The second-order valence-corrected chi connectivity index (χ2v) is 8.31. The van der Waals surface area contributed by atoms with Crippen LogP contribution in [-0.4, -0.2) is 20.9 Å². The molecule has 3 heterocycles. The number of anilines is 1. The van der Waals surface area contributed by atoms with Crippen molar-refractivity contribution in [2.24, 2.45) is 11.3 Å². The molecule has 1 amide bonds. The van der Waals surface area contributed by atoms with Crippen LogP contribution in [0.5, 0.6) is 0 Å². The second-order valence-electron chi connectivity index (χ2n) is 8.31. The number of nitrogens with one attached hydrogen (secondary N) is 3. The molecular weight excluding hydrogens is 338 g/mol. The molecule has 0 bridgehead atoms. The molecule has 1 unspecified atom stereocenters. The van der Waals surface area contributed by atoms with Crippen LogP contribution in [0.15, 0.2) is 36.5 Å². The van der Waals surface area contributed by atoms with Crippen molar-refractivity contribution in [2.75, 3.05) is 5.43 Å². The molecule has 3 aromatic heterocycles. The predicted octanol–water partition coefficient (Wildman–Crippen LogP) is 3.87. The number of hydrazine groups is 1. The van der Waals surface area contributed by atoms with E-state index in [1.807, 2.05) is 12.1 Å². The van der Waals surface area contributed by atoms with E-state index in [4.69, 9.17) is 4.98 Å². The van der Waals surface area contributed by atoms with Crippen LogP contribution >= 0.6 is 0 Å². The van der Waals surface area contributed by atoms with Gasteiger partial charge in [-0.2, -0.15) is 0 Å². The molecule has 140 valence electrons. The van der Waals surface area contributed by atoms with Gasteiger partial charge in [0, 0.05) is 11.9 Å². The number of H-pyrrole nitrogens is 1. The largest absolute Gasteiger partial charge is 0.349 e. The Labute approximate surface area is 158 Å². The van der Waals surface area contributed by atoms with Crippen molar-refractivity contribution in [2.45, 2.75) is 40.0 Å². The lowest BCUT2D eigenvalue weighted by Gasteiger charge is -2.34. The van der Waals surface area contributed by atoms with E-state index in [2.05, 4.69) is 47.7 Å². The Kier molecular flexibility index (Phi) is 4.34. The molecule has 1 aliphatic carbocycles. The van der Waals surface area contributed by atoms with E-state index < -0.39 is 0 Å². The summed E-state index contributed by atoms with van der Waals surface area (Å²) in [6, 6.07) is 9.43. The molecule has 27 heavy (non-hydrogen) atoms. The number of carbonyl (C=O) groups excluding carboxylic acids is 1. The Morgan fingerprint density at radius 1 is 1.26 bits per heavy atom. The topological polar surface area (TPSA) is 82.7 Å². The minimum Gasteiger partial charge on any atom is -0.349 e. The number of aromatic nitrogens is 3. The standard InChI is InChI=1S/C21H25N5O/c1-21(2,3)14-7-8-15-13(10-14)11-16-17(23-15)12-18(24-16)20(27)26-25-19-6-4-5-9-22-19/h4-6,9,11-12,14,24H,7-8,10H2,1-3H3,(H,22,25)(H,26,27). The van der Waals surface area contributed by atoms with Crippen LogP contribution in [0.1, 0.15) is 48.9 Å². The fraction of sp³-hybridized carbons (Fsp3) is 0.381. The number of fused-ring (bicyclic) bond motifs is 2. The summed E-state index contributed by atoms with van der Waals surface area (Å²) in [7, 11) is 0. The maximum absolute atomic E-state index is 12.4. The lowest BCUT2D eigenvalue weighted by atomic mass is 9.71. The van der Waals surface area contributed by atoms with E-state index >= 15 is 0 Å². The number of hydrogen-bond donors (Lipinski definition) is 3. The molecule has 0 saturated heterocycles. The SMILES string of the molecule is CC(C)(C)C1CCc2nc3cc(C(=O)NNc4ccccn4)[nH]c3cc2C1. The zero-order valence-corrected chi connectivity index (χ0v) is 16.0. The average Bonchev–Trinajstić information content (AvgIpc) is 3.06. The third-order valence-corrected chi connectivity index (χ3v) is 5.41. The minimum absolute atomic E-state index is 0.246. The van der Waals surface area contributed by atoms with Crippen molar-refractivity contribution < 1.29 is 4.79 Å². The van der Waals surface area contributed by atoms with Crippen molar-refractivity contribution in [1.29, 1.82) is 0 Å². The normalized spacial score (nSPS) is 16.8. The molecule has 0 saturated carbocycles. The van der Waals surface area contributed by atoms with Crippen LogP contribution in [0.3, 0.4) is 0 Å². The van der Waals surface area contributed by atoms with E-state index in [0.717, 1.165) is 23.9 Å². The lowest BCUT2D eigenvalue weighted by molar-refractivity contribution is 0.0958. The second kappa shape index (κ2) is 6.68. The summed E-state index contributed by atoms with van der Waals surface area (Å²) in [6.07, 6.45) is 4.88. The number of pyridine rings is 2. The first-order chi connectivity index (χ1) is 12.9. The summed E-state index contributed by atoms with van der Waals surface area (Å²) in [5.41, 5.74) is 10.5. The number of aromatic amines is 1. The van der Waals surface area contributed by atoms with Crippen LogP contribution in [0, 0.1) is 11.3 Å². The summed E-state index contributed by atoms with van der Waals surface area (Å²) in [6.45, 7) is 6.92. The molecule has 0 aromatic carbocycles. The molecule has 6 heteroatoms. The summed E-state index contributed by atoms with van der Waals surface area (Å²) < 4.78 is 0. The number of hydrogen-bond acceptors (Lipinski definition) is 4. The van der Waals surface area contributed by atoms with Gasteiger partial charge in [-0.15, -0.1) is 0 Å². The number of nitrogens with zero attached hydrogens (tertiary/aromatic N) is 2. The Morgan fingerprint density at radius 2 is 2.11 bits per heavy atom. The van der Waals surface area contributed by atoms with Crippen molar-refractivity contribution >= 4 is 22.8 Å². The van der Waals surface area contributed by atoms with Gasteiger partial charge in [-0.25, -0.2) is 4.98 Å². The van der Waals surface area contributed by atoms with Gasteiger partial charge >= 0.3 is 0 Å². The third kappa shape index (κ3) is 3.65. The summed E-state index contributed by atoms with van der Waals surface area (Å²) in [4.78, 5) is 24.6. The minimum atomic E-state index is -0.246. The molecule has 0 aliphatic heterocycles. The molecule has 6 nitrogen and oxygen atoms in total. The Morgan fingerprint density at radius 3 is 2.85 bits per heavy atom. The highest BCUT2D eigenvalue weighted by Crippen LogP contribution is 2.37. The Bertz CT molecular complexity index is 971. The van der Waals surface area contributed by atoms with Crippen molar-refractivity contribution in [3.63, 3.8) is 0 Å². The van der Waals surface area contributed by atoms with Gasteiger partial charge in [0.1, 0.15) is 11.5 Å². The number of carbonyl (C=O) groups is 1. The van der Waals surface area contributed by atoms with Gasteiger partial charge in [-0.05, 0) is 60.4 Å². The van der Waals surface area contributed by atoms with Gasteiger partial charge in [0.25, 0.3) is 5.91 Å². The summed E-state index contributed by atoms with van der Waals surface area (Å²) in [5.74, 6) is 0.998. The highest BCUT2D eigenvalue weighted by Gasteiger charge is 2.29. The molecular formula is C21H25N5O. The molecule has 4 rings (SSSR count). The van der Waals surface area contributed by atoms with E-state index in [0.29, 0.717) is 22.8 Å². The summed E-state index contributed by atoms with van der Waals surface area (Å²) in [5, 5.41) is 0. The van der Waals surface area contributed by atoms with Gasteiger partial charge < -0.3 is 4.98 Å². The van der Waals surface area contributed by atoms with Crippen molar-refractivity contribution in [3.05, 3.63) is 53.5 Å². The van der Waals surface area contributed by atoms with Gasteiger partial charge in [0.05, 0.1) is 11.0 Å². The number of rotatable bonds is 3. The molecule has 3 aromatic rings. The van der Waals surface area contributed by atoms with E-state index in [9.17, 15) is 4.79 Å². The molecule has 0 fully saturated rings. The van der Waals surface area contributed by atoms with Crippen LogP contribution in [0.25, 0.3) is 11.0 Å². The zero-order valence-electron chi connectivity index (χ0n) is 16.0. The first-order valence-electron chi connectivity index (χ1n) is 9.39. The smallest absolute Gasteiger partial charge is 0.286 e. The molecule has 3 N–H and O–H groups in total. The Balaban J connectivity index is 1.53. The van der Waals surface area contributed by atoms with Gasteiger partial charge in [0.2, 0.25) is 0 Å². The third-order valence-electron chi connectivity index (χ3n) is 5.41. The highest BCUT2D eigenvalue weighted by molar-refractivity contribution is 5.97. The molecule has 1 atom stereocenters. The summed E-state index contributed by atoms with van der Waals surface area (Å²) >= 11 is 0. The van der Waals surface area contributed by atoms with E-state index in [1.165, 1.54) is 17.7 Å². The van der Waals surface area contributed by atoms with Crippen LogP contribution < -0.4 is 10.9 Å². The monoisotopic (exact) mass is 363 g/mol.